The molecular weight excluding hydrogens is 272 g/mol. The Labute approximate surface area is 134 Å². The van der Waals surface area contributed by atoms with Crippen molar-refractivity contribution in [2.75, 3.05) is 0 Å². The summed E-state index contributed by atoms with van der Waals surface area (Å²) in [6.07, 6.45) is 4.60. The third-order valence-electron chi connectivity index (χ3n) is 5.55. The molecule has 0 amide bonds. The van der Waals surface area contributed by atoms with Crippen molar-refractivity contribution >= 4 is 5.97 Å². The topological polar surface area (TPSA) is 26.3 Å². The van der Waals surface area contributed by atoms with Crippen LogP contribution in [-0.4, -0.2) is 12.1 Å². The van der Waals surface area contributed by atoms with Gasteiger partial charge < -0.3 is 4.74 Å². The number of carbonyl (C=O) groups excluding carboxylic acids is 1. The highest BCUT2D eigenvalue weighted by Crippen LogP contribution is 2.49. The minimum atomic E-state index is 0.0404. The van der Waals surface area contributed by atoms with Crippen LogP contribution in [0.15, 0.2) is 30.3 Å². The van der Waals surface area contributed by atoms with Gasteiger partial charge in [0.1, 0.15) is 6.10 Å². The number of hydrogen-bond acceptors (Lipinski definition) is 2. The molecule has 2 aliphatic carbocycles. The molecule has 0 aromatic heterocycles. The summed E-state index contributed by atoms with van der Waals surface area (Å²) in [6.45, 7) is 6.79. The summed E-state index contributed by atoms with van der Waals surface area (Å²) in [4.78, 5) is 12.5. The number of benzene rings is 1. The molecule has 0 unspecified atom stereocenters. The average Bonchev–Trinajstić information content (AvgIpc) is 3.28. The van der Waals surface area contributed by atoms with Crippen molar-refractivity contribution in [3.63, 3.8) is 0 Å². The summed E-state index contributed by atoms with van der Waals surface area (Å²) in [7, 11) is 0. The van der Waals surface area contributed by atoms with E-state index in [1.54, 1.807) is 0 Å². The first-order valence-corrected chi connectivity index (χ1v) is 8.81. The van der Waals surface area contributed by atoms with Gasteiger partial charge in [-0.3, -0.25) is 4.79 Å². The van der Waals surface area contributed by atoms with Crippen molar-refractivity contribution in [1.82, 2.24) is 0 Å². The number of esters is 1. The summed E-state index contributed by atoms with van der Waals surface area (Å²) in [5.74, 6) is 2.32. The van der Waals surface area contributed by atoms with E-state index < -0.39 is 0 Å². The highest BCUT2D eigenvalue weighted by Gasteiger charge is 2.46. The Bertz CT molecular complexity index is 508. The molecule has 2 aliphatic rings. The summed E-state index contributed by atoms with van der Waals surface area (Å²) in [5.41, 5.74) is 1.28. The number of rotatable bonds is 4. The van der Waals surface area contributed by atoms with Crippen LogP contribution in [0.4, 0.5) is 0 Å². The highest BCUT2D eigenvalue weighted by molar-refractivity contribution is 5.77. The molecule has 5 atom stereocenters. The second kappa shape index (κ2) is 6.44. The van der Waals surface area contributed by atoms with E-state index in [0.29, 0.717) is 23.7 Å². The van der Waals surface area contributed by atoms with E-state index in [1.807, 2.05) is 18.2 Å². The van der Waals surface area contributed by atoms with Crippen molar-refractivity contribution in [3.8, 4) is 0 Å². The lowest BCUT2D eigenvalue weighted by Crippen LogP contribution is -2.36. The molecule has 2 heteroatoms. The Kier molecular flexibility index (Phi) is 4.56. The zero-order valence-electron chi connectivity index (χ0n) is 14.0. The third-order valence-corrected chi connectivity index (χ3v) is 5.55. The summed E-state index contributed by atoms with van der Waals surface area (Å²) >= 11 is 0. The standard InChI is InChI=1S/C20H28O2/c1-13(2)16-10-9-14(3)11-19(16)22-20(21)18-12-17(18)15-7-5-4-6-8-15/h4-8,13-14,16-19H,9-12H2,1-3H3/t14-,16+,17-,18-,19-/m1/s1. The SMILES string of the molecule is CC(C)[C@@H]1CC[C@@H](C)C[C@H]1OC(=O)[C@@H]1C[C@@H]1c1ccccc1. The van der Waals surface area contributed by atoms with E-state index in [4.69, 9.17) is 4.74 Å². The summed E-state index contributed by atoms with van der Waals surface area (Å²) < 4.78 is 5.97. The molecule has 2 fully saturated rings. The van der Waals surface area contributed by atoms with E-state index in [9.17, 15) is 4.79 Å². The Morgan fingerprint density at radius 3 is 2.55 bits per heavy atom. The molecule has 0 aliphatic heterocycles. The van der Waals surface area contributed by atoms with Crippen molar-refractivity contribution in [3.05, 3.63) is 35.9 Å². The molecule has 0 radical (unpaired) electrons. The van der Waals surface area contributed by atoms with Gasteiger partial charge in [-0.2, -0.15) is 0 Å². The smallest absolute Gasteiger partial charge is 0.309 e. The second-order valence-corrected chi connectivity index (χ2v) is 7.66. The van der Waals surface area contributed by atoms with E-state index in [1.165, 1.54) is 18.4 Å². The van der Waals surface area contributed by atoms with Gasteiger partial charge in [-0.1, -0.05) is 57.5 Å². The second-order valence-electron chi connectivity index (χ2n) is 7.66. The molecule has 2 saturated carbocycles. The minimum absolute atomic E-state index is 0.0404. The molecule has 3 rings (SSSR count). The Morgan fingerprint density at radius 2 is 1.86 bits per heavy atom. The average molecular weight is 300 g/mol. The number of hydrogen-bond donors (Lipinski definition) is 0. The Morgan fingerprint density at radius 1 is 1.14 bits per heavy atom. The molecule has 0 saturated heterocycles. The Hall–Kier alpha value is -1.31. The van der Waals surface area contributed by atoms with E-state index in [-0.39, 0.29) is 18.0 Å². The fourth-order valence-corrected chi connectivity index (χ4v) is 4.01. The van der Waals surface area contributed by atoms with Crippen molar-refractivity contribution in [2.24, 2.45) is 23.7 Å². The molecule has 120 valence electrons. The first-order chi connectivity index (χ1) is 10.6. The van der Waals surface area contributed by atoms with E-state index in [0.717, 1.165) is 12.8 Å². The molecule has 0 heterocycles. The quantitative estimate of drug-likeness (QED) is 0.747. The summed E-state index contributed by atoms with van der Waals surface area (Å²) in [5, 5.41) is 0. The largest absolute Gasteiger partial charge is 0.462 e. The lowest BCUT2D eigenvalue weighted by atomic mass is 9.75. The monoisotopic (exact) mass is 300 g/mol. The van der Waals surface area contributed by atoms with E-state index >= 15 is 0 Å². The predicted molar refractivity (Wildman–Crippen MR) is 88.5 cm³/mol. The van der Waals surface area contributed by atoms with Crippen LogP contribution in [0.25, 0.3) is 0 Å². The fraction of sp³-hybridized carbons (Fsp3) is 0.650. The normalized spacial score (nSPS) is 34.5. The molecule has 1 aromatic rings. The molecule has 0 bridgehead atoms. The first-order valence-electron chi connectivity index (χ1n) is 8.81. The highest BCUT2D eigenvalue weighted by atomic mass is 16.5. The van der Waals surface area contributed by atoms with Gasteiger partial charge in [0.15, 0.2) is 0 Å². The zero-order chi connectivity index (χ0) is 15.7. The molecule has 1 aromatic carbocycles. The summed E-state index contributed by atoms with van der Waals surface area (Å²) in [6, 6.07) is 10.4. The van der Waals surface area contributed by atoms with Crippen LogP contribution in [0.3, 0.4) is 0 Å². The van der Waals surface area contributed by atoms with Gasteiger partial charge in [-0.05, 0) is 48.5 Å². The first kappa shape index (κ1) is 15.6. The number of carbonyl (C=O) groups is 1. The van der Waals surface area contributed by atoms with Crippen molar-refractivity contribution in [1.29, 1.82) is 0 Å². The van der Waals surface area contributed by atoms with E-state index in [2.05, 4.69) is 32.9 Å². The van der Waals surface area contributed by atoms with Gasteiger partial charge in [0, 0.05) is 0 Å². The molecule has 2 nitrogen and oxygen atoms in total. The Balaban J connectivity index is 1.59. The third kappa shape index (κ3) is 3.37. The van der Waals surface area contributed by atoms with Gasteiger partial charge >= 0.3 is 5.97 Å². The molecule has 22 heavy (non-hydrogen) atoms. The van der Waals surface area contributed by atoms with Gasteiger partial charge in [-0.25, -0.2) is 0 Å². The van der Waals surface area contributed by atoms with Gasteiger partial charge in [0.05, 0.1) is 5.92 Å². The maximum atomic E-state index is 12.5. The van der Waals surface area contributed by atoms with Crippen LogP contribution in [-0.2, 0) is 9.53 Å². The molecule has 0 N–H and O–H groups in total. The minimum Gasteiger partial charge on any atom is -0.462 e. The van der Waals surface area contributed by atoms with Crippen LogP contribution in [0.1, 0.15) is 57.9 Å². The zero-order valence-corrected chi connectivity index (χ0v) is 14.0. The lowest BCUT2D eigenvalue weighted by molar-refractivity contribution is -0.157. The van der Waals surface area contributed by atoms with Crippen LogP contribution < -0.4 is 0 Å². The number of ether oxygens (including phenoxy) is 1. The van der Waals surface area contributed by atoms with Crippen LogP contribution in [0, 0.1) is 23.7 Å². The van der Waals surface area contributed by atoms with Crippen LogP contribution in [0.2, 0.25) is 0 Å². The van der Waals surface area contributed by atoms with Crippen molar-refractivity contribution < 1.29 is 9.53 Å². The molecular formula is C20H28O2. The van der Waals surface area contributed by atoms with Crippen LogP contribution >= 0.6 is 0 Å². The maximum absolute atomic E-state index is 12.5. The van der Waals surface area contributed by atoms with Gasteiger partial charge in [-0.15, -0.1) is 0 Å². The van der Waals surface area contributed by atoms with Gasteiger partial charge in [0.2, 0.25) is 0 Å². The van der Waals surface area contributed by atoms with Gasteiger partial charge in [0.25, 0.3) is 0 Å². The predicted octanol–water partition coefficient (Wildman–Crippen LogP) is 4.79. The fourth-order valence-electron chi connectivity index (χ4n) is 4.01. The lowest BCUT2D eigenvalue weighted by Gasteiger charge is -2.36. The maximum Gasteiger partial charge on any atom is 0.309 e. The van der Waals surface area contributed by atoms with Crippen molar-refractivity contribution in [2.45, 2.75) is 58.5 Å². The molecule has 0 spiro atoms. The van der Waals surface area contributed by atoms with Crippen LogP contribution in [0.5, 0.6) is 0 Å².